The maximum Gasteiger partial charge on any atom is 0.0897 e. The molecule has 0 spiro atoms. The molecule has 0 aromatic carbocycles. The second kappa shape index (κ2) is 5.05. The summed E-state index contributed by atoms with van der Waals surface area (Å²) in [6, 6.07) is 0. The number of nitrogens with two attached hydrogens (primary N) is 1. The van der Waals surface area contributed by atoms with Crippen LogP contribution >= 0.6 is 11.3 Å². The molecule has 2 heterocycles. The zero-order valence-electron chi connectivity index (χ0n) is 9.28. The van der Waals surface area contributed by atoms with Gasteiger partial charge in [0.25, 0.3) is 0 Å². The van der Waals surface area contributed by atoms with E-state index in [4.69, 9.17) is 5.73 Å². The van der Waals surface area contributed by atoms with Gasteiger partial charge in [0.2, 0.25) is 0 Å². The molecule has 0 amide bonds. The highest BCUT2D eigenvalue weighted by atomic mass is 32.1. The number of likely N-dealkylation sites (tertiary alicyclic amines) is 1. The van der Waals surface area contributed by atoms with Crippen molar-refractivity contribution in [3.63, 3.8) is 0 Å². The first kappa shape index (κ1) is 11.0. The van der Waals surface area contributed by atoms with E-state index in [0.29, 0.717) is 0 Å². The second-order valence-corrected chi connectivity index (χ2v) is 5.62. The van der Waals surface area contributed by atoms with E-state index in [-0.39, 0.29) is 0 Å². The highest BCUT2D eigenvalue weighted by molar-refractivity contribution is 7.11. The van der Waals surface area contributed by atoms with Crippen LogP contribution in [0.3, 0.4) is 0 Å². The molecule has 84 valence electrons. The van der Waals surface area contributed by atoms with Crippen LogP contribution in [0.15, 0.2) is 6.20 Å². The van der Waals surface area contributed by atoms with Gasteiger partial charge in [0.05, 0.1) is 5.01 Å². The molecule has 3 nitrogen and oxygen atoms in total. The van der Waals surface area contributed by atoms with Crippen molar-refractivity contribution < 1.29 is 0 Å². The first-order valence-corrected chi connectivity index (χ1v) is 6.43. The molecule has 1 fully saturated rings. The first-order chi connectivity index (χ1) is 7.28. The van der Waals surface area contributed by atoms with Crippen LogP contribution in [0.4, 0.5) is 0 Å². The maximum absolute atomic E-state index is 5.68. The Morgan fingerprint density at radius 2 is 2.27 bits per heavy atom. The Bertz CT molecular complexity index is 303. The quantitative estimate of drug-likeness (QED) is 0.850. The van der Waals surface area contributed by atoms with Gasteiger partial charge >= 0.3 is 0 Å². The van der Waals surface area contributed by atoms with Crippen molar-refractivity contribution in [3.05, 3.63) is 16.1 Å². The highest BCUT2D eigenvalue weighted by Crippen LogP contribution is 2.20. The van der Waals surface area contributed by atoms with E-state index in [1.807, 2.05) is 17.5 Å². The van der Waals surface area contributed by atoms with Crippen LogP contribution in [0.5, 0.6) is 0 Å². The van der Waals surface area contributed by atoms with Crippen LogP contribution in [0.25, 0.3) is 0 Å². The van der Waals surface area contributed by atoms with E-state index in [1.54, 1.807) is 0 Å². The van der Waals surface area contributed by atoms with E-state index in [9.17, 15) is 0 Å². The lowest BCUT2D eigenvalue weighted by molar-refractivity contribution is 0.182. The Morgan fingerprint density at radius 3 is 2.80 bits per heavy atom. The third-order valence-corrected chi connectivity index (χ3v) is 3.99. The number of thiazole rings is 1. The van der Waals surface area contributed by atoms with Crippen molar-refractivity contribution in [2.24, 2.45) is 11.7 Å². The van der Waals surface area contributed by atoms with Gasteiger partial charge in [-0.1, -0.05) is 0 Å². The summed E-state index contributed by atoms with van der Waals surface area (Å²) in [7, 11) is 0. The Labute approximate surface area is 95.3 Å². The van der Waals surface area contributed by atoms with Crippen molar-refractivity contribution in [1.29, 1.82) is 0 Å². The minimum Gasteiger partial charge on any atom is -0.330 e. The Hall–Kier alpha value is -0.450. The van der Waals surface area contributed by atoms with Crippen molar-refractivity contribution in [3.8, 4) is 0 Å². The summed E-state index contributed by atoms with van der Waals surface area (Å²) in [5.41, 5.74) is 5.68. The summed E-state index contributed by atoms with van der Waals surface area (Å²) in [4.78, 5) is 8.19. The molecule has 0 bridgehead atoms. The molecule has 0 aliphatic carbocycles. The minimum atomic E-state index is 0.754. The number of piperidine rings is 1. The number of aromatic nitrogens is 1. The molecule has 2 N–H and O–H groups in total. The second-order valence-electron chi connectivity index (χ2n) is 4.30. The van der Waals surface area contributed by atoms with E-state index in [0.717, 1.165) is 19.0 Å². The van der Waals surface area contributed by atoms with Gasteiger partial charge in [-0.15, -0.1) is 11.3 Å². The van der Waals surface area contributed by atoms with E-state index in [1.165, 1.54) is 35.8 Å². The van der Waals surface area contributed by atoms with Gasteiger partial charge in [0.15, 0.2) is 0 Å². The third-order valence-electron chi connectivity index (χ3n) is 3.09. The maximum atomic E-state index is 5.68. The molecule has 0 unspecified atom stereocenters. The average Bonchev–Trinajstić information content (AvgIpc) is 2.65. The predicted octanol–water partition coefficient (Wildman–Crippen LogP) is 1.62. The first-order valence-electron chi connectivity index (χ1n) is 5.61. The standard InChI is InChI=1S/C11H19N3S/c1-9-13-7-11(15-9)8-14-4-2-10(6-12)3-5-14/h7,10H,2-6,8,12H2,1H3. The van der Waals surface area contributed by atoms with Crippen molar-refractivity contribution in [2.45, 2.75) is 26.3 Å². The summed E-state index contributed by atoms with van der Waals surface area (Å²) < 4.78 is 0. The molecule has 0 radical (unpaired) electrons. The molecule has 0 atom stereocenters. The van der Waals surface area contributed by atoms with Crippen LogP contribution in [0, 0.1) is 12.8 Å². The SMILES string of the molecule is Cc1ncc(CN2CCC(CN)CC2)s1. The zero-order chi connectivity index (χ0) is 10.7. The molecule has 1 aliphatic heterocycles. The van der Waals surface area contributed by atoms with Crippen LogP contribution in [0.1, 0.15) is 22.7 Å². The monoisotopic (exact) mass is 225 g/mol. The van der Waals surface area contributed by atoms with E-state index in [2.05, 4.69) is 16.8 Å². The van der Waals surface area contributed by atoms with Crippen LogP contribution < -0.4 is 5.73 Å². The fourth-order valence-electron chi connectivity index (χ4n) is 2.08. The third kappa shape index (κ3) is 3.00. The molecule has 15 heavy (non-hydrogen) atoms. The van der Waals surface area contributed by atoms with Crippen LogP contribution in [0.2, 0.25) is 0 Å². The predicted molar refractivity (Wildman–Crippen MR) is 63.9 cm³/mol. The van der Waals surface area contributed by atoms with Gasteiger partial charge in [-0.25, -0.2) is 4.98 Å². The molecule has 0 saturated carbocycles. The molecule has 1 saturated heterocycles. The smallest absolute Gasteiger partial charge is 0.0897 e. The lowest BCUT2D eigenvalue weighted by Gasteiger charge is -2.30. The normalized spacial score (nSPS) is 19.6. The Balaban J connectivity index is 1.82. The molecular formula is C11H19N3S. The summed E-state index contributed by atoms with van der Waals surface area (Å²) in [6.07, 6.45) is 4.53. The van der Waals surface area contributed by atoms with Gasteiger partial charge in [-0.3, -0.25) is 4.90 Å². The summed E-state index contributed by atoms with van der Waals surface area (Å²) in [5.74, 6) is 0.754. The number of nitrogens with zero attached hydrogens (tertiary/aromatic N) is 2. The van der Waals surface area contributed by atoms with E-state index >= 15 is 0 Å². The van der Waals surface area contributed by atoms with Gasteiger partial charge in [-0.05, 0) is 45.3 Å². The summed E-state index contributed by atoms with van der Waals surface area (Å²) in [6.45, 7) is 6.38. The molecule has 1 aromatic rings. The van der Waals surface area contributed by atoms with Crippen LogP contribution in [-0.2, 0) is 6.54 Å². The fourth-order valence-corrected chi connectivity index (χ4v) is 2.92. The molecule has 2 rings (SSSR count). The zero-order valence-corrected chi connectivity index (χ0v) is 10.1. The number of hydrogen-bond donors (Lipinski definition) is 1. The minimum absolute atomic E-state index is 0.754. The van der Waals surface area contributed by atoms with Gasteiger partial charge < -0.3 is 5.73 Å². The Kier molecular flexibility index (Phi) is 3.72. The molecule has 1 aliphatic rings. The van der Waals surface area contributed by atoms with Crippen molar-refractivity contribution >= 4 is 11.3 Å². The van der Waals surface area contributed by atoms with Crippen molar-refractivity contribution in [2.75, 3.05) is 19.6 Å². The van der Waals surface area contributed by atoms with Crippen molar-refractivity contribution in [1.82, 2.24) is 9.88 Å². The fraction of sp³-hybridized carbons (Fsp3) is 0.727. The lowest BCUT2D eigenvalue weighted by Crippen LogP contribution is -2.35. The summed E-state index contributed by atoms with van der Waals surface area (Å²) >= 11 is 1.81. The van der Waals surface area contributed by atoms with Gasteiger partial charge in [0.1, 0.15) is 0 Å². The molecule has 4 heteroatoms. The number of aryl methyl sites for hydroxylation is 1. The number of rotatable bonds is 3. The van der Waals surface area contributed by atoms with Gasteiger partial charge in [0, 0.05) is 17.6 Å². The average molecular weight is 225 g/mol. The van der Waals surface area contributed by atoms with Gasteiger partial charge in [-0.2, -0.15) is 0 Å². The van der Waals surface area contributed by atoms with Crippen LogP contribution in [-0.4, -0.2) is 29.5 Å². The molecular weight excluding hydrogens is 206 g/mol. The van der Waals surface area contributed by atoms with E-state index < -0.39 is 0 Å². The topological polar surface area (TPSA) is 42.2 Å². The Morgan fingerprint density at radius 1 is 1.53 bits per heavy atom. The summed E-state index contributed by atoms with van der Waals surface area (Å²) in [5, 5.41) is 1.17. The lowest BCUT2D eigenvalue weighted by atomic mass is 9.97. The highest BCUT2D eigenvalue weighted by Gasteiger charge is 2.18. The molecule has 1 aromatic heterocycles. The largest absolute Gasteiger partial charge is 0.330 e. The number of hydrogen-bond acceptors (Lipinski definition) is 4.